The van der Waals surface area contributed by atoms with Crippen molar-refractivity contribution in [3.8, 4) is 80.6 Å². The highest BCUT2D eigenvalue weighted by Crippen LogP contribution is 2.37. The van der Waals surface area contributed by atoms with Crippen LogP contribution < -0.4 is 53.2 Å². The number of aromatic hydroxyl groups is 4. The molecule has 0 saturated carbocycles. The number of carbonyl (C=O) groups is 8. The highest BCUT2D eigenvalue weighted by Gasteiger charge is 2.26. The normalized spacial score (nSPS) is 12.3. The number of aliphatic carboxylic acids is 1. The van der Waals surface area contributed by atoms with Crippen molar-refractivity contribution in [2.75, 3.05) is 124 Å². The Balaban J connectivity index is 0.000000237. The van der Waals surface area contributed by atoms with Gasteiger partial charge in [-0.05, 0) is 133 Å². The molecule has 12 aromatic rings. The number of nitrogens with zero attached hydrogens (tertiary/aromatic N) is 10. The van der Waals surface area contributed by atoms with Crippen LogP contribution >= 0.6 is 0 Å². The second-order valence-electron chi connectivity index (χ2n) is 32.3. The topological polar surface area (TPSA) is 471 Å². The summed E-state index contributed by atoms with van der Waals surface area (Å²) in [7, 11) is 4.27. The number of halogens is 3. The van der Waals surface area contributed by atoms with E-state index in [0.29, 0.717) is 65.7 Å². The molecule has 14 rings (SSSR count). The van der Waals surface area contributed by atoms with Crippen LogP contribution in [0.3, 0.4) is 0 Å². The van der Waals surface area contributed by atoms with Crippen LogP contribution in [0.5, 0.6) is 23.0 Å². The van der Waals surface area contributed by atoms with Crippen molar-refractivity contribution in [1.82, 2.24) is 55.7 Å². The predicted octanol–water partition coefficient (Wildman–Crippen LogP) is 14.7. The summed E-state index contributed by atoms with van der Waals surface area (Å²) in [6.45, 7) is 19.8. The SMILES string of the molecule is CC(C)(C)OC(=O)NCCC(=O)Nc1ccccc1O.CC(C)(C)OC(=O)NCCC(=O)O.CN1CCN(c2ncc3cc(-c4ccccc4)c(-c4ccc(C=O)cc4)nc3n2)CC1.CN1CCN(c2ncc3cc(-c4ccccc4)c(-c4ccc(CNCCC(=O)Nc5ccccc5O)cc4)nc3n2)CC1.NCCC(=O)Nc1ccccc1O.Nc1ccccc1O.O=CC(F)(F)F.[2H]C#C. The van der Waals surface area contributed by atoms with Crippen LogP contribution in [0, 0.1) is 12.8 Å². The number of alkyl carbamates (subject to hydrolysis) is 2. The standard InChI is InChI=1S/C34H35N7O2.C25H23N5O.C14H20N2O4.C9H12N2O2.C8H15NO4.C6H7NO.C2HF3O.C2H2/c1-40-17-19-41(20-18-40)34-36-23-27-21-28(25-7-3-2-4-8-25)32(38-33(27)39-34)26-13-11-24(12-14-26)22-35-16-15-31(43)37-29-9-5-6-10-30(29)42;1-29-11-13-30(14-12-29)25-26-16-21-15-22(19-5-3-2-4-6-19)23(27-24(21)28-25)20-9-7-18(17-31)8-10-20;1-14(2,3)20-13(19)15-9-8-12(18)16-10-6-4-5-7-11(10)17;10-6-5-9(13)11-7-3-1-2-4-8(7)12;1-8(2,3)13-7(12)9-5-4-6(10)11;7-5-3-1-2-4-6(5)8;3-2(4,5)1-6;1-2/h2-14,21,23,35,42H,15-20,22H2,1H3,(H,37,43);2-10,15-17H,11-14H2,1H3;4-7,17H,8-9H2,1-3H3,(H,15,19)(H,16,18);1-4,12H,5-6,10H2,(H,11,13);4-5H2,1-3H3,(H,9,12)(H,10,11);1-4,8H,7H2;1H;1-2H/i;;;;;;;1D. The summed E-state index contributed by atoms with van der Waals surface area (Å²) in [6.07, 6.45) is 4.07. The summed E-state index contributed by atoms with van der Waals surface area (Å²) in [5.74, 6) is 0.122. The summed E-state index contributed by atoms with van der Waals surface area (Å²) in [5, 5.41) is 63.5. The third kappa shape index (κ3) is 37.9. The van der Waals surface area contributed by atoms with Gasteiger partial charge in [-0.15, -0.1) is 12.8 Å². The van der Waals surface area contributed by atoms with Gasteiger partial charge in [0.15, 0.2) is 11.3 Å². The molecule has 0 spiro atoms. The fourth-order valence-corrected chi connectivity index (χ4v) is 12.4. The minimum absolute atomic E-state index is 0.000881. The van der Waals surface area contributed by atoms with E-state index in [1.54, 1.807) is 126 Å². The summed E-state index contributed by atoms with van der Waals surface area (Å²) in [6, 6.07) is 67.0. The van der Waals surface area contributed by atoms with Gasteiger partial charge in [0, 0.05) is 155 Å². The van der Waals surface area contributed by atoms with Crippen molar-refractivity contribution in [3.05, 3.63) is 242 Å². The number of carboxylic acid groups (broad SMARTS) is 1. The third-order valence-corrected chi connectivity index (χ3v) is 19.3. The number of phenolic OH excluding ortho intramolecular Hbond substituents is 4. The highest BCUT2D eigenvalue weighted by atomic mass is 19.4. The van der Waals surface area contributed by atoms with Gasteiger partial charge in [-0.25, -0.2) is 29.5 Å². The van der Waals surface area contributed by atoms with Crippen LogP contribution in [0.1, 0.15) is 84.5 Å². The number of rotatable bonds is 23. The quantitative estimate of drug-likeness (QED) is 0.00930. The first kappa shape index (κ1) is 106. The van der Waals surface area contributed by atoms with E-state index in [-0.39, 0.29) is 73.1 Å². The Labute approximate surface area is 788 Å². The van der Waals surface area contributed by atoms with Gasteiger partial charge in [0.05, 0.1) is 40.6 Å². The third-order valence-electron chi connectivity index (χ3n) is 19.3. The number of amides is 5. The molecule has 2 fully saturated rings. The lowest BCUT2D eigenvalue weighted by Crippen LogP contribution is -2.45. The fourth-order valence-electron chi connectivity index (χ4n) is 12.4. The number of phenols is 4. The number of alkyl halides is 3. The number of nitrogens with two attached hydrogens (primary N) is 2. The molecule has 136 heavy (non-hydrogen) atoms. The number of carbonyl (C=O) groups excluding carboxylic acids is 7. The van der Waals surface area contributed by atoms with Gasteiger partial charge in [-0.3, -0.25) is 28.8 Å². The molecule has 36 heteroatoms. The first-order chi connectivity index (χ1) is 65.3. The molecule has 0 unspecified atom stereocenters. The van der Waals surface area contributed by atoms with Crippen molar-refractivity contribution in [3.63, 3.8) is 0 Å². The van der Waals surface area contributed by atoms with Crippen LogP contribution in [-0.4, -0.2) is 224 Å². The molecule has 8 aromatic carbocycles. The molecule has 6 heterocycles. The zero-order valence-electron chi connectivity index (χ0n) is 77.8. The number of piperazine rings is 2. The van der Waals surface area contributed by atoms with Crippen molar-refractivity contribution in [1.29, 1.82) is 0 Å². The number of hydrogen-bond donors (Lipinski definition) is 13. The first-order valence-corrected chi connectivity index (χ1v) is 43.1. The van der Waals surface area contributed by atoms with E-state index in [1.807, 2.05) is 73.1 Å². The van der Waals surface area contributed by atoms with E-state index in [9.17, 15) is 62.1 Å². The maximum absolute atomic E-state index is 12.3. The summed E-state index contributed by atoms with van der Waals surface area (Å²) < 4.78 is 46.9. The number of aromatic nitrogens is 6. The molecule has 2 aliphatic heterocycles. The number of nitrogens with one attached hydrogen (secondary N) is 6. The van der Waals surface area contributed by atoms with E-state index in [2.05, 4.69) is 143 Å². The van der Waals surface area contributed by atoms with Gasteiger partial charge in [-0.2, -0.15) is 23.1 Å². The number of benzene rings is 8. The number of fused-ring (bicyclic) bond motifs is 2. The van der Waals surface area contributed by atoms with Gasteiger partial charge < -0.3 is 98.0 Å². The number of ether oxygens (including phenoxy) is 2. The molecule has 5 amide bonds. The Morgan fingerprint density at radius 3 is 1.18 bits per heavy atom. The maximum atomic E-state index is 12.3. The lowest BCUT2D eigenvalue weighted by molar-refractivity contribution is -0.156. The minimum Gasteiger partial charge on any atom is -0.506 e. The molecule has 2 saturated heterocycles. The van der Waals surface area contributed by atoms with Crippen LogP contribution in [0.25, 0.3) is 66.8 Å². The Hall–Kier alpha value is -15.7. The molecule has 0 aliphatic carbocycles. The number of para-hydroxylation sites is 8. The highest BCUT2D eigenvalue weighted by molar-refractivity contribution is 5.95. The maximum Gasteiger partial charge on any atom is 0.446 e. The van der Waals surface area contributed by atoms with E-state index >= 15 is 0 Å². The number of aldehydes is 2. The van der Waals surface area contributed by atoms with Crippen LogP contribution in [0.4, 0.5) is 57.4 Å². The van der Waals surface area contributed by atoms with Crippen molar-refractivity contribution in [2.24, 2.45) is 5.73 Å². The first-order valence-electron chi connectivity index (χ1n) is 43.6. The number of hydrogen-bond acceptors (Lipinski definition) is 27. The summed E-state index contributed by atoms with van der Waals surface area (Å²) in [4.78, 5) is 125. The zero-order valence-corrected chi connectivity index (χ0v) is 76.8. The molecule has 15 N–H and O–H groups in total. The lowest BCUT2D eigenvalue weighted by atomic mass is 9.98. The average Bonchev–Trinajstić information content (AvgIpc) is 0.776. The zero-order chi connectivity index (χ0) is 100. The number of anilines is 6. The van der Waals surface area contributed by atoms with Gasteiger partial charge in [0.2, 0.25) is 35.9 Å². The van der Waals surface area contributed by atoms with E-state index in [0.717, 1.165) is 132 Å². The molecular formula is C100H115F3N18O15. The van der Waals surface area contributed by atoms with E-state index in [1.165, 1.54) is 18.5 Å². The van der Waals surface area contributed by atoms with Gasteiger partial charge in [-0.1, -0.05) is 158 Å². The molecule has 0 atom stereocenters. The Kier molecular flexibility index (Phi) is 42.2. The number of likely N-dealkylation sites (N-methyl/N-ethyl adjacent to an activating group) is 2. The number of pyridine rings is 2. The van der Waals surface area contributed by atoms with Gasteiger partial charge >= 0.3 is 24.3 Å². The molecule has 716 valence electrons. The molecular weight excluding hydrogens is 1750 g/mol. The van der Waals surface area contributed by atoms with Crippen molar-refractivity contribution >= 4 is 105 Å². The summed E-state index contributed by atoms with van der Waals surface area (Å²) in [5.41, 5.74) is 22.0. The van der Waals surface area contributed by atoms with Crippen molar-refractivity contribution in [2.45, 2.75) is 91.1 Å². The molecule has 4 aromatic heterocycles. The fraction of sp³-hybridized carbons (Fsp3) is 0.280. The number of terminal acetylenes is 1. The number of nitrogen functional groups attached to an aromatic ring is 1. The Bertz CT molecular complexity index is 5920. The number of carboxylic acids is 1. The predicted molar refractivity (Wildman–Crippen MR) is 521 cm³/mol. The largest absolute Gasteiger partial charge is 0.506 e. The van der Waals surface area contributed by atoms with Crippen LogP contribution in [-0.2, 0) is 40.0 Å². The minimum atomic E-state index is -4.64. The summed E-state index contributed by atoms with van der Waals surface area (Å²) >= 11 is 0. The monoisotopic (exact) mass is 1870 g/mol. The van der Waals surface area contributed by atoms with Gasteiger partial charge in [0.25, 0.3) is 0 Å². The Morgan fingerprint density at radius 1 is 0.478 bits per heavy atom. The molecule has 0 bridgehead atoms. The lowest BCUT2D eigenvalue weighted by Gasteiger charge is -2.32. The van der Waals surface area contributed by atoms with Crippen LogP contribution in [0.15, 0.2) is 231 Å². The molecule has 0 radical (unpaired) electrons. The van der Waals surface area contributed by atoms with Gasteiger partial charge in [0.1, 0.15) is 41.9 Å². The van der Waals surface area contributed by atoms with Crippen LogP contribution in [0.2, 0.25) is 0 Å². The average molecular weight is 1870 g/mol. The van der Waals surface area contributed by atoms with Crippen molar-refractivity contribution < 1.29 is 87.9 Å². The Morgan fingerprint density at radius 2 is 0.831 bits per heavy atom. The smallest absolute Gasteiger partial charge is 0.446 e. The van der Waals surface area contributed by atoms with E-state index < -0.39 is 41.8 Å². The molecule has 2 aliphatic rings. The second kappa shape index (κ2) is 54.3. The second-order valence-corrected chi connectivity index (χ2v) is 32.3. The molecule has 33 nitrogen and oxygen atoms in total. The van der Waals surface area contributed by atoms with E-state index in [4.69, 9.17) is 57.3 Å².